The maximum Gasteiger partial charge on any atom is 0.338 e. The zero-order valence-corrected chi connectivity index (χ0v) is 17.2. The molecular weight excluding hydrogens is 402 g/mol. The molecule has 150 valence electrons. The second-order valence-electron chi connectivity index (χ2n) is 6.38. The molecule has 0 atom stereocenters. The lowest BCUT2D eigenvalue weighted by Gasteiger charge is -2.14. The number of carbonyl (C=O) groups excluding carboxylic acids is 2. The van der Waals surface area contributed by atoms with E-state index in [-0.39, 0.29) is 29.0 Å². The van der Waals surface area contributed by atoms with E-state index in [1.807, 2.05) is 6.92 Å². The van der Waals surface area contributed by atoms with Crippen LogP contribution in [0.1, 0.15) is 42.7 Å². The van der Waals surface area contributed by atoms with Gasteiger partial charge in [-0.1, -0.05) is 6.07 Å². The van der Waals surface area contributed by atoms with Gasteiger partial charge in [0.25, 0.3) is 0 Å². The van der Waals surface area contributed by atoms with Gasteiger partial charge in [-0.15, -0.1) is 11.3 Å². The van der Waals surface area contributed by atoms with E-state index in [9.17, 15) is 18.0 Å². The molecule has 0 saturated heterocycles. The fourth-order valence-electron chi connectivity index (χ4n) is 2.48. The maximum atomic E-state index is 12.3. The Morgan fingerprint density at radius 3 is 2.75 bits per heavy atom. The first-order valence-corrected chi connectivity index (χ1v) is 11.2. The van der Waals surface area contributed by atoms with Crippen molar-refractivity contribution in [2.24, 2.45) is 0 Å². The molecule has 0 radical (unpaired) electrons. The molecule has 2 aromatic rings. The highest BCUT2D eigenvalue weighted by Gasteiger charge is 2.28. The van der Waals surface area contributed by atoms with Crippen LogP contribution in [0.3, 0.4) is 0 Å². The van der Waals surface area contributed by atoms with Gasteiger partial charge in [0, 0.05) is 24.9 Å². The summed E-state index contributed by atoms with van der Waals surface area (Å²) in [5.41, 5.74) is 0.667. The third kappa shape index (κ3) is 4.94. The van der Waals surface area contributed by atoms with Crippen molar-refractivity contribution in [1.82, 2.24) is 9.71 Å². The van der Waals surface area contributed by atoms with Gasteiger partial charge in [-0.3, -0.25) is 9.69 Å². The van der Waals surface area contributed by atoms with Crippen LogP contribution in [0, 0.1) is 0 Å². The van der Waals surface area contributed by atoms with Crippen molar-refractivity contribution < 1.29 is 22.7 Å². The Kier molecular flexibility index (Phi) is 6.11. The standard InChI is InChI=1S/C18H21N3O5S2/c1-3-21(12(2)22)18-19-15(11-27-18)10-26-17(23)13-5-4-6-16(9-13)28(24,25)20-14-7-8-14/h4-6,9,11,14,20H,3,7-8,10H2,1-2H3. The predicted molar refractivity (Wildman–Crippen MR) is 105 cm³/mol. The summed E-state index contributed by atoms with van der Waals surface area (Å²) in [6.45, 7) is 3.74. The smallest absolute Gasteiger partial charge is 0.338 e. The van der Waals surface area contributed by atoms with Gasteiger partial charge in [-0.05, 0) is 38.0 Å². The molecule has 1 N–H and O–H groups in total. The average molecular weight is 424 g/mol. The quantitative estimate of drug-likeness (QED) is 0.653. The first kappa shape index (κ1) is 20.4. The lowest BCUT2D eigenvalue weighted by Crippen LogP contribution is -2.27. The van der Waals surface area contributed by atoms with Crippen LogP contribution in [0.15, 0.2) is 34.5 Å². The monoisotopic (exact) mass is 423 g/mol. The lowest BCUT2D eigenvalue weighted by atomic mass is 10.2. The van der Waals surface area contributed by atoms with Gasteiger partial charge in [-0.25, -0.2) is 22.9 Å². The van der Waals surface area contributed by atoms with E-state index in [0.717, 1.165) is 12.8 Å². The van der Waals surface area contributed by atoms with E-state index in [4.69, 9.17) is 4.74 Å². The van der Waals surface area contributed by atoms with Crippen molar-refractivity contribution in [3.05, 3.63) is 40.9 Å². The Bertz CT molecular complexity index is 983. The Morgan fingerprint density at radius 2 is 2.11 bits per heavy atom. The van der Waals surface area contributed by atoms with Crippen molar-refractivity contribution in [2.75, 3.05) is 11.4 Å². The summed E-state index contributed by atoms with van der Waals surface area (Å²) < 4.78 is 32.4. The molecule has 1 amide bonds. The maximum absolute atomic E-state index is 12.3. The molecular formula is C18H21N3O5S2. The summed E-state index contributed by atoms with van der Waals surface area (Å²) >= 11 is 1.29. The third-order valence-corrected chi connectivity index (χ3v) is 6.53. The summed E-state index contributed by atoms with van der Waals surface area (Å²) in [5.74, 6) is -0.754. The first-order chi connectivity index (χ1) is 13.3. The molecule has 0 bridgehead atoms. The Morgan fingerprint density at radius 1 is 1.36 bits per heavy atom. The van der Waals surface area contributed by atoms with Crippen molar-refractivity contribution in [2.45, 2.75) is 44.2 Å². The molecule has 1 fully saturated rings. The SMILES string of the molecule is CCN(C(C)=O)c1nc(COC(=O)c2cccc(S(=O)(=O)NC3CC3)c2)cs1. The zero-order valence-electron chi connectivity index (χ0n) is 15.5. The fraction of sp³-hybridized carbons (Fsp3) is 0.389. The Balaban J connectivity index is 1.65. The average Bonchev–Trinajstić information content (AvgIpc) is 3.34. The number of nitrogens with zero attached hydrogens (tertiary/aromatic N) is 2. The van der Waals surface area contributed by atoms with E-state index >= 15 is 0 Å². The van der Waals surface area contributed by atoms with Crippen LogP contribution in [0.25, 0.3) is 0 Å². The molecule has 0 unspecified atom stereocenters. The minimum atomic E-state index is -3.64. The topological polar surface area (TPSA) is 106 Å². The summed E-state index contributed by atoms with van der Waals surface area (Å²) in [5, 5.41) is 2.26. The minimum absolute atomic E-state index is 0.0165. The van der Waals surface area contributed by atoms with Crippen LogP contribution in [0.4, 0.5) is 5.13 Å². The number of amides is 1. The molecule has 8 nitrogen and oxygen atoms in total. The van der Waals surface area contributed by atoms with Crippen molar-refractivity contribution >= 4 is 38.4 Å². The minimum Gasteiger partial charge on any atom is -0.456 e. The number of sulfonamides is 1. The van der Waals surface area contributed by atoms with Gasteiger partial charge < -0.3 is 4.74 Å². The van der Waals surface area contributed by atoms with Crippen LogP contribution < -0.4 is 9.62 Å². The van der Waals surface area contributed by atoms with Crippen molar-refractivity contribution in [1.29, 1.82) is 0 Å². The number of thiazole rings is 1. The lowest BCUT2D eigenvalue weighted by molar-refractivity contribution is -0.116. The summed E-state index contributed by atoms with van der Waals surface area (Å²) in [4.78, 5) is 29.7. The van der Waals surface area contributed by atoms with E-state index in [0.29, 0.717) is 17.4 Å². The number of anilines is 1. The molecule has 1 aromatic carbocycles. The molecule has 28 heavy (non-hydrogen) atoms. The first-order valence-electron chi connectivity index (χ1n) is 8.82. The normalized spacial score (nSPS) is 13.9. The number of nitrogens with one attached hydrogen (secondary N) is 1. The molecule has 1 aliphatic rings. The number of hydrogen-bond donors (Lipinski definition) is 1. The molecule has 10 heteroatoms. The van der Waals surface area contributed by atoms with Gasteiger partial charge in [0.2, 0.25) is 15.9 Å². The number of carbonyl (C=O) groups is 2. The van der Waals surface area contributed by atoms with Crippen molar-refractivity contribution in [3.63, 3.8) is 0 Å². The molecule has 1 heterocycles. The molecule has 0 spiro atoms. The summed E-state index contributed by atoms with van der Waals surface area (Å²) in [6, 6.07) is 5.73. The summed E-state index contributed by atoms with van der Waals surface area (Å²) in [7, 11) is -3.64. The van der Waals surface area contributed by atoms with Crippen LogP contribution in [-0.4, -0.2) is 37.9 Å². The third-order valence-electron chi connectivity index (χ3n) is 4.10. The Labute approximate surface area is 167 Å². The Hall–Kier alpha value is -2.30. The molecule has 1 saturated carbocycles. The molecule has 0 aliphatic heterocycles. The van der Waals surface area contributed by atoms with Crippen LogP contribution in [0.5, 0.6) is 0 Å². The van der Waals surface area contributed by atoms with E-state index in [1.165, 1.54) is 47.4 Å². The van der Waals surface area contributed by atoms with Crippen LogP contribution in [0.2, 0.25) is 0 Å². The van der Waals surface area contributed by atoms with Crippen LogP contribution in [-0.2, 0) is 26.2 Å². The van der Waals surface area contributed by atoms with E-state index < -0.39 is 16.0 Å². The number of rotatable bonds is 8. The number of benzene rings is 1. The highest BCUT2D eigenvalue weighted by molar-refractivity contribution is 7.89. The highest BCUT2D eigenvalue weighted by Crippen LogP contribution is 2.23. The second-order valence-corrected chi connectivity index (χ2v) is 8.93. The number of ether oxygens (including phenoxy) is 1. The number of esters is 1. The van der Waals surface area contributed by atoms with Gasteiger partial charge >= 0.3 is 5.97 Å². The van der Waals surface area contributed by atoms with Gasteiger partial charge in [0.1, 0.15) is 6.61 Å². The number of aromatic nitrogens is 1. The van der Waals surface area contributed by atoms with Crippen molar-refractivity contribution in [3.8, 4) is 0 Å². The van der Waals surface area contributed by atoms with E-state index in [1.54, 1.807) is 5.38 Å². The van der Waals surface area contributed by atoms with Gasteiger partial charge in [0.05, 0.1) is 16.2 Å². The molecule has 3 rings (SSSR count). The molecule has 1 aromatic heterocycles. The zero-order chi connectivity index (χ0) is 20.3. The van der Waals surface area contributed by atoms with Gasteiger partial charge in [0.15, 0.2) is 5.13 Å². The van der Waals surface area contributed by atoms with Gasteiger partial charge in [-0.2, -0.15) is 0 Å². The largest absolute Gasteiger partial charge is 0.456 e. The number of hydrogen-bond acceptors (Lipinski definition) is 7. The molecule has 1 aliphatic carbocycles. The van der Waals surface area contributed by atoms with Crippen LogP contribution >= 0.6 is 11.3 Å². The fourth-order valence-corrected chi connectivity index (χ4v) is 4.75. The highest BCUT2D eigenvalue weighted by atomic mass is 32.2. The van der Waals surface area contributed by atoms with E-state index in [2.05, 4.69) is 9.71 Å². The summed E-state index contributed by atoms with van der Waals surface area (Å²) in [6.07, 6.45) is 1.66. The predicted octanol–water partition coefficient (Wildman–Crippen LogP) is 2.31. The second kappa shape index (κ2) is 8.38.